The summed E-state index contributed by atoms with van der Waals surface area (Å²) < 4.78 is 2.39. The van der Waals surface area contributed by atoms with E-state index in [1.54, 1.807) is 0 Å². The van der Waals surface area contributed by atoms with E-state index in [-0.39, 0.29) is 6.10 Å². The average Bonchev–Trinajstić information content (AvgIpc) is 3.46. The molecule has 6 nitrogen and oxygen atoms in total. The van der Waals surface area contributed by atoms with Crippen LogP contribution in [0.3, 0.4) is 0 Å². The van der Waals surface area contributed by atoms with Gasteiger partial charge in [-0.3, -0.25) is 4.99 Å². The molecule has 2 aromatic heterocycles. The third-order valence-electron chi connectivity index (χ3n) is 7.20. The van der Waals surface area contributed by atoms with Crippen LogP contribution in [-0.2, 0) is 6.42 Å². The summed E-state index contributed by atoms with van der Waals surface area (Å²) in [6.45, 7) is 1.69. The Labute approximate surface area is 182 Å². The second-order valence-electron chi connectivity index (χ2n) is 9.20. The van der Waals surface area contributed by atoms with Gasteiger partial charge in [0.15, 0.2) is 0 Å². The van der Waals surface area contributed by atoms with Crippen molar-refractivity contribution in [1.82, 2.24) is 14.5 Å². The SMILES string of the molecule is OC1CCN(c2cc(-c3ccc4c(c3)ncn4C3CCCCC3)c3c(n2)CC=N3)CC1. The van der Waals surface area contributed by atoms with Gasteiger partial charge in [0.2, 0.25) is 0 Å². The molecule has 4 heterocycles. The average molecular weight is 416 g/mol. The lowest BCUT2D eigenvalue weighted by Gasteiger charge is -2.31. The van der Waals surface area contributed by atoms with Crippen molar-refractivity contribution in [2.24, 2.45) is 4.99 Å². The fraction of sp³-hybridized carbons (Fsp3) is 0.480. The zero-order valence-corrected chi connectivity index (χ0v) is 17.9. The van der Waals surface area contributed by atoms with Gasteiger partial charge in [-0.25, -0.2) is 9.97 Å². The Bertz CT molecular complexity index is 1140. The lowest BCUT2D eigenvalue weighted by Crippen LogP contribution is -2.36. The van der Waals surface area contributed by atoms with E-state index in [0.717, 1.165) is 66.2 Å². The van der Waals surface area contributed by atoms with Gasteiger partial charge in [0.25, 0.3) is 0 Å². The number of anilines is 1. The molecule has 0 radical (unpaired) electrons. The van der Waals surface area contributed by atoms with Crippen molar-refractivity contribution in [1.29, 1.82) is 0 Å². The van der Waals surface area contributed by atoms with Gasteiger partial charge in [0, 0.05) is 37.3 Å². The van der Waals surface area contributed by atoms with Crippen molar-refractivity contribution in [2.45, 2.75) is 63.5 Å². The zero-order valence-electron chi connectivity index (χ0n) is 17.9. The molecule has 0 atom stereocenters. The summed E-state index contributed by atoms with van der Waals surface area (Å²) in [6, 6.07) is 9.42. The van der Waals surface area contributed by atoms with Crippen molar-refractivity contribution in [3.63, 3.8) is 0 Å². The lowest BCUT2D eigenvalue weighted by atomic mass is 9.95. The van der Waals surface area contributed by atoms with E-state index < -0.39 is 0 Å². The Morgan fingerprint density at radius 2 is 1.81 bits per heavy atom. The van der Waals surface area contributed by atoms with Crippen LogP contribution in [0.2, 0.25) is 0 Å². The second kappa shape index (κ2) is 7.75. The number of aromatic nitrogens is 3. The maximum atomic E-state index is 9.88. The molecule has 1 aromatic carbocycles. The van der Waals surface area contributed by atoms with Crippen LogP contribution in [0.15, 0.2) is 35.6 Å². The van der Waals surface area contributed by atoms with Gasteiger partial charge in [-0.2, -0.15) is 0 Å². The van der Waals surface area contributed by atoms with Gasteiger partial charge in [-0.15, -0.1) is 0 Å². The first-order valence-electron chi connectivity index (χ1n) is 11.7. The summed E-state index contributed by atoms with van der Waals surface area (Å²) >= 11 is 0. The summed E-state index contributed by atoms with van der Waals surface area (Å²) in [5, 5.41) is 9.88. The number of imidazole rings is 1. The normalized spacial score (nSPS) is 20.0. The Morgan fingerprint density at radius 3 is 2.65 bits per heavy atom. The second-order valence-corrected chi connectivity index (χ2v) is 9.20. The smallest absolute Gasteiger partial charge is 0.129 e. The van der Waals surface area contributed by atoms with Crippen molar-refractivity contribution in [3.8, 4) is 11.1 Å². The van der Waals surface area contributed by atoms with Crippen molar-refractivity contribution in [3.05, 3.63) is 36.3 Å². The largest absolute Gasteiger partial charge is 0.393 e. The molecular weight excluding hydrogens is 386 g/mol. The maximum absolute atomic E-state index is 9.88. The quantitative estimate of drug-likeness (QED) is 0.666. The molecule has 0 spiro atoms. The van der Waals surface area contributed by atoms with E-state index in [1.165, 1.54) is 37.6 Å². The van der Waals surface area contributed by atoms with Crippen LogP contribution < -0.4 is 4.90 Å². The number of piperidine rings is 1. The number of aliphatic imine (C=N–C) groups is 1. The fourth-order valence-corrected chi connectivity index (χ4v) is 5.41. The predicted molar refractivity (Wildman–Crippen MR) is 124 cm³/mol. The summed E-state index contributed by atoms with van der Waals surface area (Å²) in [5.74, 6) is 0.999. The molecule has 31 heavy (non-hydrogen) atoms. The minimum Gasteiger partial charge on any atom is -0.393 e. The van der Waals surface area contributed by atoms with Gasteiger partial charge >= 0.3 is 0 Å². The Balaban J connectivity index is 1.38. The van der Waals surface area contributed by atoms with Gasteiger partial charge in [-0.1, -0.05) is 25.3 Å². The van der Waals surface area contributed by atoms with E-state index in [4.69, 9.17) is 9.97 Å². The first-order valence-corrected chi connectivity index (χ1v) is 11.7. The Morgan fingerprint density at radius 1 is 0.968 bits per heavy atom. The number of aliphatic hydroxyl groups excluding tert-OH is 1. The summed E-state index contributed by atoms with van der Waals surface area (Å²) in [4.78, 5) is 16.6. The molecule has 1 saturated heterocycles. The summed E-state index contributed by atoms with van der Waals surface area (Å²) in [7, 11) is 0. The number of hydrogen-bond donors (Lipinski definition) is 1. The third kappa shape index (κ3) is 3.43. The molecule has 6 heteroatoms. The van der Waals surface area contributed by atoms with Crippen LogP contribution in [0.5, 0.6) is 0 Å². The highest BCUT2D eigenvalue weighted by Crippen LogP contribution is 2.40. The van der Waals surface area contributed by atoms with Crippen molar-refractivity contribution >= 4 is 28.8 Å². The first kappa shape index (κ1) is 19.0. The molecule has 2 aliphatic heterocycles. The van der Waals surface area contributed by atoms with Crippen LogP contribution in [0.25, 0.3) is 22.2 Å². The topological polar surface area (TPSA) is 66.5 Å². The lowest BCUT2D eigenvalue weighted by molar-refractivity contribution is 0.145. The van der Waals surface area contributed by atoms with Crippen molar-refractivity contribution in [2.75, 3.05) is 18.0 Å². The highest BCUT2D eigenvalue weighted by Gasteiger charge is 2.23. The van der Waals surface area contributed by atoms with E-state index in [0.29, 0.717) is 6.04 Å². The first-order chi connectivity index (χ1) is 15.3. The minimum absolute atomic E-state index is 0.185. The Hall–Kier alpha value is -2.73. The van der Waals surface area contributed by atoms with Gasteiger partial charge < -0.3 is 14.6 Å². The fourth-order valence-electron chi connectivity index (χ4n) is 5.41. The Kier molecular flexibility index (Phi) is 4.75. The minimum atomic E-state index is -0.185. The molecule has 6 rings (SSSR count). The maximum Gasteiger partial charge on any atom is 0.129 e. The number of pyridine rings is 1. The summed E-state index contributed by atoms with van der Waals surface area (Å²) in [6.07, 6.45) is 12.7. The van der Waals surface area contributed by atoms with Gasteiger partial charge in [0.1, 0.15) is 5.82 Å². The van der Waals surface area contributed by atoms with E-state index >= 15 is 0 Å². The number of hydrogen-bond acceptors (Lipinski definition) is 5. The number of aliphatic hydroxyl groups is 1. The van der Waals surface area contributed by atoms with Crippen LogP contribution in [0.4, 0.5) is 11.5 Å². The van der Waals surface area contributed by atoms with Crippen molar-refractivity contribution < 1.29 is 5.11 Å². The monoisotopic (exact) mass is 415 g/mol. The van der Waals surface area contributed by atoms with Crippen LogP contribution in [-0.4, -0.2) is 45.0 Å². The number of nitrogens with zero attached hydrogens (tertiary/aromatic N) is 5. The zero-order chi connectivity index (χ0) is 20.8. The standard InChI is InChI=1S/C25H29N5O/c31-19-9-12-29(13-10-19)24-15-20(25-21(28-24)8-11-26-25)17-6-7-23-22(14-17)27-16-30(23)18-4-2-1-3-5-18/h6-7,11,14-16,18-19,31H,1-5,8-10,12-13H2. The molecule has 0 unspecified atom stereocenters. The molecule has 0 amide bonds. The highest BCUT2D eigenvalue weighted by atomic mass is 16.3. The number of benzene rings is 1. The molecular formula is C25H29N5O. The van der Waals surface area contributed by atoms with E-state index in [1.807, 2.05) is 12.5 Å². The number of fused-ring (bicyclic) bond motifs is 2. The predicted octanol–water partition coefficient (Wildman–Crippen LogP) is 4.82. The molecule has 0 bridgehead atoms. The molecule has 3 aromatic rings. The third-order valence-corrected chi connectivity index (χ3v) is 7.20. The molecule has 1 aliphatic carbocycles. The van der Waals surface area contributed by atoms with Crippen LogP contribution >= 0.6 is 0 Å². The van der Waals surface area contributed by atoms with Crippen LogP contribution in [0.1, 0.15) is 56.7 Å². The number of rotatable bonds is 3. The molecule has 2 fully saturated rings. The van der Waals surface area contributed by atoms with Gasteiger partial charge in [0.05, 0.1) is 34.8 Å². The summed E-state index contributed by atoms with van der Waals surface area (Å²) in [5.41, 5.74) is 6.61. The van der Waals surface area contributed by atoms with E-state index in [2.05, 4.69) is 38.7 Å². The van der Waals surface area contributed by atoms with Crippen LogP contribution in [0, 0.1) is 0 Å². The molecule has 160 valence electrons. The molecule has 1 N–H and O–H groups in total. The van der Waals surface area contributed by atoms with Gasteiger partial charge in [-0.05, 0) is 49.4 Å². The molecule has 3 aliphatic rings. The molecule has 1 saturated carbocycles. The highest BCUT2D eigenvalue weighted by molar-refractivity contribution is 5.91. The van der Waals surface area contributed by atoms with E-state index in [9.17, 15) is 5.11 Å².